The summed E-state index contributed by atoms with van der Waals surface area (Å²) in [6, 6.07) is 1.60. The fourth-order valence-electron chi connectivity index (χ4n) is 1.36. The van der Waals surface area contributed by atoms with Crippen LogP contribution < -0.4 is 5.32 Å². The molecule has 6 nitrogen and oxygen atoms in total. The van der Waals surface area contributed by atoms with Gasteiger partial charge in [-0.1, -0.05) is 0 Å². The molecular formula is C12H18N2O4. The molecule has 0 saturated carbocycles. The van der Waals surface area contributed by atoms with Crippen LogP contribution in [0.4, 0.5) is 10.6 Å². The number of methoxy groups -OCH3 is 1. The maximum Gasteiger partial charge on any atom is 0.413 e. The van der Waals surface area contributed by atoms with E-state index in [1.807, 2.05) is 0 Å². The van der Waals surface area contributed by atoms with E-state index in [1.165, 1.54) is 7.11 Å². The first-order valence-corrected chi connectivity index (χ1v) is 5.51. The standard InChI is InChI=1S/C12H18N2O4/c1-7-6-8(10(15)17-5)9(13-7)14-11(16)18-12(2,3)4/h6,13H,1-5H3,(H,14,16). The number of hydrogen-bond acceptors (Lipinski definition) is 4. The van der Waals surface area contributed by atoms with Gasteiger partial charge in [0.05, 0.1) is 7.11 Å². The zero-order valence-corrected chi connectivity index (χ0v) is 11.2. The Balaban J connectivity index is 2.84. The highest BCUT2D eigenvalue weighted by molar-refractivity contribution is 5.99. The molecule has 0 aliphatic heterocycles. The Morgan fingerprint density at radius 3 is 2.44 bits per heavy atom. The number of hydrogen-bond donors (Lipinski definition) is 2. The lowest BCUT2D eigenvalue weighted by molar-refractivity contribution is 0.0602. The first-order chi connectivity index (χ1) is 8.23. The van der Waals surface area contributed by atoms with Crippen LogP contribution in [-0.4, -0.2) is 29.8 Å². The summed E-state index contributed by atoms with van der Waals surface area (Å²) in [6.45, 7) is 7.04. The summed E-state index contributed by atoms with van der Waals surface area (Å²) < 4.78 is 9.72. The fourth-order valence-corrected chi connectivity index (χ4v) is 1.36. The molecule has 18 heavy (non-hydrogen) atoms. The maximum atomic E-state index is 11.6. The van der Waals surface area contributed by atoms with E-state index in [2.05, 4.69) is 15.0 Å². The molecule has 6 heteroatoms. The molecule has 0 fully saturated rings. The molecule has 0 aliphatic rings. The average Bonchev–Trinajstić information content (AvgIpc) is 2.55. The van der Waals surface area contributed by atoms with Crippen LogP contribution in [0.2, 0.25) is 0 Å². The maximum absolute atomic E-state index is 11.6. The molecule has 0 aromatic carbocycles. The average molecular weight is 254 g/mol. The monoisotopic (exact) mass is 254 g/mol. The van der Waals surface area contributed by atoms with Crippen molar-refractivity contribution in [1.82, 2.24) is 4.98 Å². The van der Waals surface area contributed by atoms with Crippen LogP contribution in [0.15, 0.2) is 6.07 Å². The van der Waals surface area contributed by atoms with Crippen molar-refractivity contribution in [3.05, 3.63) is 17.3 Å². The van der Waals surface area contributed by atoms with Crippen LogP contribution in [0.1, 0.15) is 36.8 Å². The molecule has 2 N–H and O–H groups in total. The molecule has 0 spiro atoms. The van der Waals surface area contributed by atoms with Crippen molar-refractivity contribution in [2.75, 3.05) is 12.4 Å². The number of carbonyl (C=O) groups excluding carboxylic acids is 2. The van der Waals surface area contributed by atoms with Crippen LogP contribution >= 0.6 is 0 Å². The van der Waals surface area contributed by atoms with E-state index in [0.717, 1.165) is 5.69 Å². The highest BCUT2D eigenvalue weighted by atomic mass is 16.6. The minimum absolute atomic E-state index is 0.265. The Kier molecular flexibility index (Phi) is 4.00. The Labute approximate surface area is 106 Å². The summed E-state index contributed by atoms with van der Waals surface area (Å²) in [5.74, 6) is -0.251. The van der Waals surface area contributed by atoms with E-state index < -0.39 is 17.7 Å². The first kappa shape index (κ1) is 14.1. The number of carbonyl (C=O) groups is 2. The van der Waals surface area contributed by atoms with Gasteiger partial charge >= 0.3 is 12.1 Å². The van der Waals surface area contributed by atoms with Gasteiger partial charge in [-0.2, -0.15) is 0 Å². The van der Waals surface area contributed by atoms with Gasteiger partial charge in [0, 0.05) is 5.69 Å². The molecule has 1 amide bonds. The molecule has 0 radical (unpaired) electrons. The van der Waals surface area contributed by atoms with E-state index in [1.54, 1.807) is 33.8 Å². The zero-order valence-electron chi connectivity index (χ0n) is 11.2. The van der Waals surface area contributed by atoms with E-state index in [-0.39, 0.29) is 11.4 Å². The molecule has 0 atom stereocenters. The fraction of sp³-hybridized carbons (Fsp3) is 0.500. The van der Waals surface area contributed by atoms with Crippen LogP contribution in [0.3, 0.4) is 0 Å². The van der Waals surface area contributed by atoms with Crippen molar-refractivity contribution in [1.29, 1.82) is 0 Å². The van der Waals surface area contributed by atoms with Crippen molar-refractivity contribution in [2.24, 2.45) is 0 Å². The summed E-state index contributed by atoms with van der Waals surface area (Å²) in [4.78, 5) is 25.9. The van der Waals surface area contributed by atoms with Gasteiger partial charge in [-0.25, -0.2) is 9.59 Å². The number of aromatic nitrogens is 1. The van der Waals surface area contributed by atoms with Crippen molar-refractivity contribution >= 4 is 17.9 Å². The molecule has 1 aromatic heterocycles. The number of rotatable bonds is 2. The third-order valence-corrected chi connectivity index (χ3v) is 1.98. The van der Waals surface area contributed by atoms with Crippen LogP contribution in [0.25, 0.3) is 0 Å². The zero-order chi connectivity index (χ0) is 13.9. The SMILES string of the molecule is COC(=O)c1cc(C)[nH]c1NC(=O)OC(C)(C)C. The molecule has 0 unspecified atom stereocenters. The molecule has 0 bridgehead atoms. The van der Waals surface area contributed by atoms with Crippen molar-refractivity contribution in [2.45, 2.75) is 33.3 Å². The second-order valence-electron chi connectivity index (χ2n) is 4.86. The summed E-state index contributed by atoms with van der Waals surface area (Å²) in [6.07, 6.45) is -0.630. The number of ether oxygens (including phenoxy) is 2. The lowest BCUT2D eigenvalue weighted by Crippen LogP contribution is -2.27. The lowest BCUT2D eigenvalue weighted by Gasteiger charge is -2.19. The van der Waals surface area contributed by atoms with Gasteiger partial charge in [-0.15, -0.1) is 0 Å². The molecule has 100 valence electrons. The van der Waals surface area contributed by atoms with Crippen molar-refractivity contribution in [3.63, 3.8) is 0 Å². The Morgan fingerprint density at radius 2 is 1.94 bits per heavy atom. The van der Waals surface area contributed by atoms with Gasteiger partial charge in [0.15, 0.2) is 0 Å². The summed E-state index contributed by atoms with van der Waals surface area (Å²) in [7, 11) is 1.28. The number of aryl methyl sites for hydroxylation is 1. The Hall–Kier alpha value is -1.98. The number of nitrogens with one attached hydrogen (secondary N) is 2. The largest absolute Gasteiger partial charge is 0.465 e. The van der Waals surface area contributed by atoms with Crippen LogP contribution in [-0.2, 0) is 9.47 Å². The van der Waals surface area contributed by atoms with E-state index in [4.69, 9.17) is 4.74 Å². The topological polar surface area (TPSA) is 80.4 Å². The summed E-state index contributed by atoms with van der Waals surface area (Å²) in [5, 5.41) is 2.49. The third kappa shape index (κ3) is 3.80. The lowest BCUT2D eigenvalue weighted by atomic mass is 10.2. The molecule has 1 aromatic rings. The predicted molar refractivity (Wildman–Crippen MR) is 66.7 cm³/mol. The van der Waals surface area contributed by atoms with Gasteiger partial charge in [0.1, 0.15) is 17.0 Å². The highest BCUT2D eigenvalue weighted by Gasteiger charge is 2.20. The molecule has 1 rings (SSSR count). The normalized spacial score (nSPS) is 10.9. The number of esters is 1. The van der Waals surface area contributed by atoms with Crippen molar-refractivity contribution < 1.29 is 19.1 Å². The first-order valence-electron chi connectivity index (χ1n) is 5.51. The number of H-pyrrole nitrogens is 1. The molecule has 0 aliphatic carbocycles. The van der Waals surface area contributed by atoms with E-state index in [9.17, 15) is 9.59 Å². The van der Waals surface area contributed by atoms with E-state index in [0.29, 0.717) is 0 Å². The predicted octanol–water partition coefficient (Wildman–Crippen LogP) is 2.46. The smallest absolute Gasteiger partial charge is 0.413 e. The Bertz CT molecular complexity index is 457. The minimum Gasteiger partial charge on any atom is -0.465 e. The molecule has 1 heterocycles. The van der Waals surface area contributed by atoms with E-state index >= 15 is 0 Å². The van der Waals surface area contributed by atoms with Crippen LogP contribution in [0, 0.1) is 6.92 Å². The quantitative estimate of drug-likeness (QED) is 0.794. The van der Waals surface area contributed by atoms with Gasteiger partial charge in [-0.05, 0) is 33.8 Å². The van der Waals surface area contributed by atoms with Crippen molar-refractivity contribution in [3.8, 4) is 0 Å². The number of amides is 1. The van der Waals surface area contributed by atoms with Crippen LogP contribution in [0.5, 0.6) is 0 Å². The van der Waals surface area contributed by atoms with Gasteiger partial charge in [-0.3, -0.25) is 5.32 Å². The summed E-state index contributed by atoms with van der Waals surface area (Å²) in [5.41, 5.74) is 0.402. The van der Waals surface area contributed by atoms with Gasteiger partial charge < -0.3 is 14.5 Å². The Morgan fingerprint density at radius 1 is 1.33 bits per heavy atom. The third-order valence-electron chi connectivity index (χ3n) is 1.98. The number of aromatic amines is 1. The number of anilines is 1. The second kappa shape index (κ2) is 5.12. The van der Waals surface area contributed by atoms with Gasteiger partial charge in [0.25, 0.3) is 0 Å². The summed E-state index contributed by atoms with van der Waals surface area (Å²) >= 11 is 0. The minimum atomic E-state index is -0.630. The highest BCUT2D eigenvalue weighted by Crippen LogP contribution is 2.18. The van der Waals surface area contributed by atoms with Gasteiger partial charge in [0.2, 0.25) is 0 Å². The molecular weight excluding hydrogens is 236 g/mol. The molecule has 0 saturated heterocycles. The second-order valence-corrected chi connectivity index (χ2v) is 4.86.